The fourth-order valence-corrected chi connectivity index (χ4v) is 2.08. The molecule has 4 heteroatoms. The van der Waals surface area contributed by atoms with Gasteiger partial charge in [0.15, 0.2) is 0 Å². The number of ether oxygens (including phenoxy) is 2. The van der Waals surface area contributed by atoms with Crippen molar-refractivity contribution in [3.8, 4) is 0 Å². The number of methoxy groups -OCH3 is 1. The average Bonchev–Trinajstić information content (AvgIpc) is 2.52. The van der Waals surface area contributed by atoms with Gasteiger partial charge in [0.05, 0.1) is 13.2 Å². The highest BCUT2D eigenvalue weighted by atomic mass is 32.2. The van der Waals surface area contributed by atoms with Crippen LogP contribution < -0.4 is 0 Å². The molecule has 74 valence electrons. The molecule has 2 atom stereocenters. The van der Waals surface area contributed by atoms with E-state index in [4.69, 9.17) is 4.74 Å². The van der Waals surface area contributed by atoms with E-state index in [1.54, 1.807) is 17.2 Å². The van der Waals surface area contributed by atoms with Gasteiger partial charge in [-0.2, -0.15) is 0 Å². The zero-order valence-corrected chi connectivity index (χ0v) is 8.67. The van der Waals surface area contributed by atoms with Crippen LogP contribution in [0.2, 0.25) is 0 Å². The molecule has 0 radical (unpaired) electrons. The fraction of sp³-hybridized carbons (Fsp3) is 0.667. The highest BCUT2D eigenvalue weighted by molar-refractivity contribution is 8.02. The highest BCUT2D eigenvalue weighted by Gasteiger charge is 2.23. The van der Waals surface area contributed by atoms with Gasteiger partial charge in [-0.15, -0.1) is 11.8 Å². The van der Waals surface area contributed by atoms with Crippen LogP contribution in [-0.4, -0.2) is 31.0 Å². The lowest BCUT2D eigenvalue weighted by Gasteiger charge is -2.09. The van der Waals surface area contributed by atoms with Gasteiger partial charge in [-0.25, -0.2) is 4.79 Å². The minimum atomic E-state index is -0.306. The maximum Gasteiger partial charge on any atom is 0.330 e. The lowest BCUT2D eigenvalue weighted by atomic mass is 10.3. The van der Waals surface area contributed by atoms with Crippen LogP contribution in [0.15, 0.2) is 11.5 Å². The molecular weight excluding hydrogens is 188 g/mol. The van der Waals surface area contributed by atoms with Gasteiger partial charge in [0.25, 0.3) is 0 Å². The molecule has 0 aromatic heterocycles. The van der Waals surface area contributed by atoms with Crippen molar-refractivity contribution in [1.82, 2.24) is 0 Å². The van der Waals surface area contributed by atoms with Gasteiger partial charge in [0, 0.05) is 17.9 Å². The van der Waals surface area contributed by atoms with Gasteiger partial charge in [-0.05, 0) is 18.8 Å². The predicted octanol–water partition coefficient (Wildman–Crippen LogP) is 1.58. The number of hydrogen-bond acceptors (Lipinski definition) is 4. The third kappa shape index (κ3) is 3.40. The monoisotopic (exact) mass is 202 g/mol. The summed E-state index contributed by atoms with van der Waals surface area (Å²) in [5.74, 6) is -0.306. The van der Waals surface area contributed by atoms with Gasteiger partial charge < -0.3 is 9.47 Å². The molecule has 0 N–H and O–H groups in total. The summed E-state index contributed by atoms with van der Waals surface area (Å²) < 4.78 is 9.85. The molecule has 0 aromatic carbocycles. The number of hydrogen-bond donors (Lipinski definition) is 0. The number of esters is 1. The van der Waals surface area contributed by atoms with Gasteiger partial charge in [-0.1, -0.05) is 0 Å². The van der Waals surface area contributed by atoms with E-state index >= 15 is 0 Å². The summed E-state index contributed by atoms with van der Waals surface area (Å²) in [5, 5.41) is 2.25. The summed E-state index contributed by atoms with van der Waals surface area (Å²) in [5.41, 5.74) is 0. The van der Waals surface area contributed by atoms with E-state index in [1.807, 2.05) is 0 Å². The molecule has 2 unspecified atom stereocenters. The van der Waals surface area contributed by atoms with Crippen LogP contribution in [0.4, 0.5) is 0 Å². The van der Waals surface area contributed by atoms with Gasteiger partial charge in [0.2, 0.25) is 0 Å². The van der Waals surface area contributed by atoms with Gasteiger partial charge >= 0.3 is 5.97 Å². The summed E-state index contributed by atoms with van der Waals surface area (Å²) in [6.07, 6.45) is 2.78. The second-order valence-corrected chi connectivity index (χ2v) is 4.01. The first-order valence-electron chi connectivity index (χ1n) is 4.25. The summed E-state index contributed by atoms with van der Waals surface area (Å²) in [7, 11) is 1.37. The maximum atomic E-state index is 10.7. The predicted molar refractivity (Wildman–Crippen MR) is 52.6 cm³/mol. The third-order valence-electron chi connectivity index (χ3n) is 1.97. The molecule has 1 saturated heterocycles. The van der Waals surface area contributed by atoms with Gasteiger partial charge in [0.1, 0.15) is 0 Å². The van der Waals surface area contributed by atoms with Crippen LogP contribution >= 0.6 is 11.8 Å². The number of thioether (sulfide) groups is 1. The number of carbonyl (C=O) groups excluding carboxylic acids is 1. The van der Waals surface area contributed by atoms with Crippen molar-refractivity contribution in [2.45, 2.75) is 24.7 Å². The van der Waals surface area contributed by atoms with Crippen molar-refractivity contribution in [3.63, 3.8) is 0 Å². The Morgan fingerprint density at radius 3 is 3.00 bits per heavy atom. The SMILES string of the molecule is COC(=O)/C=C/SC1CCOC1C. The second-order valence-electron chi connectivity index (χ2n) is 2.87. The van der Waals surface area contributed by atoms with Crippen molar-refractivity contribution >= 4 is 17.7 Å². The Kier molecular flexibility index (Phi) is 4.32. The molecule has 0 spiro atoms. The van der Waals surface area contributed by atoms with Crippen molar-refractivity contribution in [1.29, 1.82) is 0 Å². The molecule has 0 aromatic rings. The van der Waals surface area contributed by atoms with Crippen LogP contribution in [0.3, 0.4) is 0 Å². The topological polar surface area (TPSA) is 35.5 Å². The molecule has 13 heavy (non-hydrogen) atoms. The van der Waals surface area contributed by atoms with Crippen molar-refractivity contribution in [2.75, 3.05) is 13.7 Å². The number of rotatable bonds is 3. The summed E-state index contributed by atoms with van der Waals surface area (Å²) in [4.78, 5) is 10.7. The second kappa shape index (κ2) is 5.29. The normalized spacial score (nSPS) is 28.2. The summed E-state index contributed by atoms with van der Waals surface area (Å²) in [6, 6.07) is 0. The van der Waals surface area contributed by atoms with E-state index in [9.17, 15) is 4.79 Å². The fourth-order valence-electron chi connectivity index (χ4n) is 1.15. The minimum Gasteiger partial charge on any atom is -0.466 e. The Morgan fingerprint density at radius 2 is 2.46 bits per heavy atom. The quantitative estimate of drug-likeness (QED) is 0.514. The minimum absolute atomic E-state index is 0.285. The molecular formula is C9H14O3S. The first-order valence-corrected chi connectivity index (χ1v) is 5.20. The Bertz CT molecular complexity index is 203. The van der Waals surface area contributed by atoms with Crippen LogP contribution in [0.5, 0.6) is 0 Å². The van der Waals surface area contributed by atoms with E-state index in [0.717, 1.165) is 13.0 Å². The Labute approximate surface area is 82.5 Å². The first-order chi connectivity index (χ1) is 6.24. The molecule has 0 bridgehead atoms. The lowest BCUT2D eigenvalue weighted by molar-refractivity contribution is -0.134. The van der Waals surface area contributed by atoms with Crippen LogP contribution in [0, 0.1) is 0 Å². The molecule has 0 aliphatic carbocycles. The molecule has 1 rings (SSSR count). The molecule has 0 amide bonds. The van der Waals surface area contributed by atoms with Crippen LogP contribution in [0.1, 0.15) is 13.3 Å². The molecule has 0 saturated carbocycles. The molecule has 1 fully saturated rings. The van der Waals surface area contributed by atoms with Crippen molar-refractivity contribution < 1.29 is 14.3 Å². The lowest BCUT2D eigenvalue weighted by Crippen LogP contribution is -2.12. The average molecular weight is 202 g/mol. The van der Waals surface area contributed by atoms with E-state index in [2.05, 4.69) is 11.7 Å². The number of carbonyl (C=O) groups is 1. The first kappa shape index (κ1) is 10.6. The Hall–Kier alpha value is -0.480. The highest BCUT2D eigenvalue weighted by Crippen LogP contribution is 2.26. The van der Waals surface area contributed by atoms with Gasteiger partial charge in [-0.3, -0.25) is 0 Å². The Balaban J connectivity index is 2.25. The zero-order valence-electron chi connectivity index (χ0n) is 7.86. The standard InChI is InChI=1S/C9H14O3S/c1-7-8(3-5-12-7)13-6-4-9(10)11-2/h4,6-8H,3,5H2,1-2H3/b6-4+. The summed E-state index contributed by atoms with van der Waals surface area (Å²) in [6.45, 7) is 2.88. The van der Waals surface area contributed by atoms with E-state index < -0.39 is 0 Å². The Morgan fingerprint density at radius 1 is 1.69 bits per heavy atom. The van der Waals surface area contributed by atoms with Crippen molar-refractivity contribution in [3.05, 3.63) is 11.5 Å². The van der Waals surface area contributed by atoms with E-state index in [0.29, 0.717) is 5.25 Å². The maximum absolute atomic E-state index is 10.7. The third-order valence-corrected chi connectivity index (χ3v) is 3.23. The molecule has 1 aliphatic rings. The van der Waals surface area contributed by atoms with E-state index in [1.165, 1.54) is 13.2 Å². The van der Waals surface area contributed by atoms with E-state index in [-0.39, 0.29) is 12.1 Å². The summed E-state index contributed by atoms with van der Waals surface area (Å²) >= 11 is 1.63. The van der Waals surface area contributed by atoms with Crippen LogP contribution in [-0.2, 0) is 14.3 Å². The smallest absolute Gasteiger partial charge is 0.330 e. The largest absolute Gasteiger partial charge is 0.466 e. The molecule has 1 heterocycles. The van der Waals surface area contributed by atoms with Crippen LogP contribution in [0.25, 0.3) is 0 Å². The zero-order chi connectivity index (χ0) is 9.68. The molecule has 3 nitrogen and oxygen atoms in total. The van der Waals surface area contributed by atoms with Crippen molar-refractivity contribution in [2.24, 2.45) is 0 Å². The molecule has 1 aliphatic heterocycles.